The zero-order valence-electron chi connectivity index (χ0n) is 9.62. The molecule has 2 aromatic heterocycles. The number of nitrogens with one attached hydrogen (secondary N) is 1. The Balaban J connectivity index is 2.10. The molecule has 2 heterocycles. The van der Waals surface area contributed by atoms with Crippen LogP contribution in [0.25, 0.3) is 9.88 Å². The highest BCUT2D eigenvalue weighted by Gasteiger charge is 2.09. The van der Waals surface area contributed by atoms with E-state index in [-0.39, 0.29) is 0 Å². The van der Waals surface area contributed by atoms with Crippen LogP contribution in [0.15, 0.2) is 17.5 Å². The molecule has 0 aliphatic heterocycles. The van der Waals surface area contributed by atoms with Gasteiger partial charge in [-0.15, -0.1) is 22.7 Å². The van der Waals surface area contributed by atoms with Crippen LogP contribution in [0.1, 0.15) is 23.9 Å². The minimum absolute atomic E-state index is 0.947. The number of thiophene rings is 1. The second-order valence-corrected chi connectivity index (χ2v) is 5.71. The van der Waals surface area contributed by atoms with Gasteiger partial charge in [0, 0.05) is 11.4 Å². The molecule has 0 saturated carbocycles. The first kappa shape index (κ1) is 11.8. The van der Waals surface area contributed by atoms with Gasteiger partial charge in [-0.1, -0.05) is 13.0 Å². The Bertz CT molecular complexity index is 432. The van der Waals surface area contributed by atoms with E-state index >= 15 is 0 Å². The van der Waals surface area contributed by atoms with E-state index in [0.29, 0.717) is 0 Å². The van der Waals surface area contributed by atoms with Crippen molar-refractivity contribution in [3.8, 4) is 9.88 Å². The van der Waals surface area contributed by atoms with Gasteiger partial charge in [0.15, 0.2) is 0 Å². The van der Waals surface area contributed by atoms with Gasteiger partial charge in [-0.25, -0.2) is 4.98 Å². The van der Waals surface area contributed by atoms with Gasteiger partial charge in [0.25, 0.3) is 0 Å². The Labute approximate surface area is 104 Å². The molecular weight excluding hydrogens is 236 g/mol. The molecule has 0 aliphatic rings. The standard InChI is InChI=1S/C12H16N2S2/c1-3-6-13-8-11-9(2)14-12(16-11)10-5-4-7-15-10/h4-5,7,13H,3,6,8H2,1-2H3. The second-order valence-electron chi connectivity index (χ2n) is 3.68. The lowest BCUT2D eigenvalue weighted by atomic mass is 10.4. The summed E-state index contributed by atoms with van der Waals surface area (Å²) >= 11 is 3.56. The summed E-state index contributed by atoms with van der Waals surface area (Å²) in [6.45, 7) is 6.30. The first-order chi connectivity index (χ1) is 7.81. The van der Waals surface area contributed by atoms with Crippen LogP contribution in [0.4, 0.5) is 0 Å². The summed E-state index contributed by atoms with van der Waals surface area (Å²) in [5.74, 6) is 0. The van der Waals surface area contributed by atoms with Crippen molar-refractivity contribution in [2.75, 3.05) is 6.54 Å². The maximum atomic E-state index is 4.62. The van der Waals surface area contributed by atoms with E-state index in [2.05, 4.69) is 41.7 Å². The van der Waals surface area contributed by atoms with Crippen LogP contribution < -0.4 is 5.32 Å². The average molecular weight is 252 g/mol. The van der Waals surface area contributed by atoms with E-state index in [9.17, 15) is 0 Å². The largest absolute Gasteiger partial charge is 0.312 e. The van der Waals surface area contributed by atoms with Gasteiger partial charge in [-0.3, -0.25) is 0 Å². The van der Waals surface area contributed by atoms with Crippen LogP contribution in [0.3, 0.4) is 0 Å². The van der Waals surface area contributed by atoms with Gasteiger partial charge in [0.1, 0.15) is 5.01 Å². The number of rotatable bonds is 5. The number of hydrogen-bond acceptors (Lipinski definition) is 4. The molecule has 0 fully saturated rings. The van der Waals surface area contributed by atoms with E-state index in [0.717, 1.165) is 23.8 Å². The number of aryl methyl sites for hydroxylation is 1. The van der Waals surface area contributed by atoms with E-state index in [1.165, 1.54) is 16.2 Å². The monoisotopic (exact) mass is 252 g/mol. The molecule has 0 unspecified atom stereocenters. The van der Waals surface area contributed by atoms with E-state index in [4.69, 9.17) is 0 Å². The molecule has 2 rings (SSSR count). The number of thiazole rings is 1. The maximum absolute atomic E-state index is 4.62. The quantitative estimate of drug-likeness (QED) is 0.821. The molecule has 86 valence electrons. The molecule has 0 aliphatic carbocycles. The third kappa shape index (κ3) is 2.70. The van der Waals surface area contributed by atoms with Crippen LogP contribution in [0.2, 0.25) is 0 Å². The topological polar surface area (TPSA) is 24.9 Å². The number of hydrogen-bond donors (Lipinski definition) is 1. The van der Waals surface area contributed by atoms with Gasteiger partial charge in [-0.2, -0.15) is 0 Å². The van der Waals surface area contributed by atoms with Crippen molar-refractivity contribution in [3.05, 3.63) is 28.1 Å². The molecule has 0 aromatic carbocycles. The van der Waals surface area contributed by atoms with Gasteiger partial charge in [-0.05, 0) is 31.3 Å². The zero-order valence-corrected chi connectivity index (χ0v) is 11.3. The van der Waals surface area contributed by atoms with E-state index in [1.54, 1.807) is 22.7 Å². The smallest absolute Gasteiger partial charge is 0.133 e. The SMILES string of the molecule is CCCNCc1sc(-c2cccs2)nc1C. The maximum Gasteiger partial charge on any atom is 0.133 e. The second kappa shape index (κ2) is 5.57. The third-order valence-electron chi connectivity index (χ3n) is 2.34. The van der Waals surface area contributed by atoms with Crippen LogP contribution >= 0.6 is 22.7 Å². The highest BCUT2D eigenvalue weighted by atomic mass is 32.1. The van der Waals surface area contributed by atoms with Gasteiger partial charge >= 0.3 is 0 Å². The molecule has 0 spiro atoms. The normalized spacial score (nSPS) is 10.9. The fourth-order valence-corrected chi connectivity index (χ4v) is 3.31. The highest BCUT2D eigenvalue weighted by Crippen LogP contribution is 2.30. The molecule has 2 aromatic rings. The van der Waals surface area contributed by atoms with Crippen molar-refractivity contribution >= 4 is 22.7 Å². The summed E-state index contributed by atoms with van der Waals surface area (Å²) in [7, 11) is 0. The Morgan fingerprint density at radius 1 is 1.44 bits per heavy atom. The molecule has 0 atom stereocenters. The summed E-state index contributed by atoms with van der Waals surface area (Å²) in [4.78, 5) is 7.25. The molecule has 4 heteroatoms. The van der Waals surface area contributed by atoms with Crippen LogP contribution in [0.5, 0.6) is 0 Å². The molecule has 2 nitrogen and oxygen atoms in total. The Hall–Kier alpha value is -0.710. The third-order valence-corrected chi connectivity index (χ3v) is 4.53. The zero-order chi connectivity index (χ0) is 11.4. The van der Waals surface area contributed by atoms with Gasteiger partial charge in [0.05, 0.1) is 10.6 Å². The first-order valence-corrected chi connectivity index (χ1v) is 7.21. The Kier molecular flexibility index (Phi) is 4.09. The number of aromatic nitrogens is 1. The Morgan fingerprint density at radius 2 is 2.31 bits per heavy atom. The van der Waals surface area contributed by atoms with Crippen LogP contribution in [0, 0.1) is 6.92 Å². The van der Waals surface area contributed by atoms with Crippen molar-refractivity contribution in [1.29, 1.82) is 0 Å². The molecule has 0 radical (unpaired) electrons. The lowest BCUT2D eigenvalue weighted by Gasteiger charge is -1.99. The fraction of sp³-hybridized carbons (Fsp3) is 0.417. The minimum atomic E-state index is 0.947. The van der Waals surface area contributed by atoms with Crippen LogP contribution in [-0.2, 0) is 6.54 Å². The minimum Gasteiger partial charge on any atom is -0.312 e. The molecule has 0 bridgehead atoms. The lowest BCUT2D eigenvalue weighted by molar-refractivity contribution is 0.678. The molecule has 0 saturated heterocycles. The van der Waals surface area contributed by atoms with E-state index < -0.39 is 0 Å². The predicted octanol–water partition coefficient (Wildman–Crippen LogP) is 3.68. The van der Waals surface area contributed by atoms with Crippen molar-refractivity contribution in [3.63, 3.8) is 0 Å². The predicted molar refractivity (Wildman–Crippen MR) is 72.2 cm³/mol. The highest BCUT2D eigenvalue weighted by molar-refractivity contribution is 7.21. The summed E-state index contributed by atoms with van der Waals surface area (Å²) in [6, 6.07) is 4.21. The number of nitrogens with zero attached hydrogens (tertiary/aromatic N) is 1. The summed E-state index contributed by atoms with van der Waals surface area (Å²) in [5, 5.41) is 6.68. The Morgan fingerprint density at radius 3 is 3.00 bits per heavy atom. The lowest BCUT2D eigenvalue weighted by Crippen LogP contribution is -2.13. The van der Waals surface area contributed by atoms with E-state index in [1.807, 2.05) is 0 Å². The van der Waals surface area contributed by atoms with Crippen LogP contribution in [-0.4, -0.2) is 11.5 Å². The molecular formula is C12H16N2S2. The summed E-state index contributed by atoms with van der Waals surface area (Å²) < 4.78 is 0. The van der Waals surface area contributed by atoms with Crippen molar-refractivity contribution in [2.45, 2.75) is 26.8 Å². The fourth-order valence-electron chi connectivity index (χ4n) is 1.48. The summed E-state index contributed by atoms with van der Waals surface area (Å²) in [6.07, 6.45) is 1.18. The van der Waals surface area contributed by atoms with Gasteiger partial charge < -0.3 is 5.32 Å². The van der Waals surface area contributed by atoms with Crippen molar-refractivity contribution < 1.29 is 0 Å². The molecule has 16 heavy (non-hydrogen) atoms. The average Bonchev–Trinajstić information content (AvgIpc) is 2.88. The van der Waals surface area contributed by atoms with Crippen molar-refractivity contribution in [2.24, 2.45) is 0 Å². The van der Waals surface area contributed by atoms with Crippen molar-refractivity contribution in [1.82, 2.24) is 10.3 Å². The van der Waals surface area contributed by atoms with Gasteiger partial charge in [0.2, 0.25) is 0 Å². The molecule has 1 N–H and O–H groups in total. The first-order valence-electron chi connectivity index (χ1n) is 5.52. The summed E-state index contributed by atoms with van der Waals surface area (Å²) in [5.41, 5.74) is 1.16. The molecule has 0 amide bonds.